The number of aromatic nitrogens is 1. The number of anilines is 1. The summed E-state index contributed by atoms with van der Waals surface area (Å²) in [5, 5.41) is 4.18. The van der Waals surface area contributed by atoms with Crippen LogP contribution in [0, 0.1) is 6.92 Å². The largest absolute Gasteiger partial charge is 0.376 e. The normalized spacial score (nSPS) is 16.3. The zero-order valence-electron chi connectivity index (χ0n) is 17.2. The molecule has 1 aliphatic rings. The van der Waals surface area contributed by atoms with Crippen molar-refractivity contribution in [2.75, 3.05) is 31.7 Å². The summed E-state index contributed by atoms with van der Waals surface area (Å²) in [6, 6.07) is 14.3. The van der Waals surface area contributed by atoms with Crippen LogP contribution in [0.15, 0.2) is 53.3 Å². The third kappa shape index (κ3) is 5.25. The van der Waals surface area contributed by atoms with E-state index in [1.54, 1.807) is 29.2 Å². The molecular formula is C23H24ClN3O4. The number of hydrogen-bond acceptors (Lipinski definition) is 4. The molecule has 0 saturated carbocycles. The van der Waals surface area contributed by atoms with Crippen LogP contribution in [-0.4, -0.2) is 48.4 Å². The molecule has 7 nitrogen and oxygen atoms in total. The van der Waals surface area contributed by atoms with Gasteiger partial charge in [-0.25, -0.2) is 4.79 Å². The number of carbonyl (C=O) groups is 1. The number of aromatic amines is 1. The van der Waals surface area contributed by atoms with Crippen LogP contribution in [0.25, 0.3) is 10.9 Å². The van der Waals surface area contributed by atoms with Crippen molar-refractivity contribution in [2.45, 2.75) is 19.6 Å². The maximum absolute atomic E-state index is 13.1. The zero-order chi connectivity index (χ0) is 21.8. The van der Waals surface area contributed by atoms with Gasteiger partial charge in [0.25, 0.3) is 5.56 Å². The van der Waals surface area contributed by atoms with E-state index >= 15 is 0 Å². The molecule has 31 heavy (non-hydrogen) atoms. The molecular weight excluding hydrogens is 418 g/mol. The fourth-order valence-corrected chi connectivity index (χ4v) is 3.74. The first kappa shape index (κ1) is 21.4. The van der Waals surface area contributed by atoms with Crippen LogP contribution in [0.5, 0.6) is 0 Å². The minimum atomic E-state index is -0.369. The highest BCUT2D eigenvalue weighted by atomic mass is 35.5. The van der Waals surface area contributed by atoms with Crippen molar-refractivity contribution in [3.8, 4) is 0 Å². The molecule has 1 saturated heterocycles. The van der Waals surface area contributed by atoms with Crippen LogP contribution < -0.4 is 10.9 Å². The summed E-state index contributed by atoms with van der Waals surface area (Å²) in [6.07, 6.45) is -0.271. The number of hydrogen-bond donors (Lipinski definition) is 2. The SMILES string of the molecule is Cc1ccc2[nH]c(=O)c(CN(C[C@H]3COCCO3)C(=O)Nc3ccccc3Cl)cc2c1. The molecule has 2 aromatic carbocycles. The van der Waals surface area contributed by atoms with Crippen molar-refractivity contribution in [1.29, 1.82) is 0 Å². The minimum Gasteiger partial charge on any atom is -0.376 e. The maximum Gasteiger partial charge on any atom is 0.322 e. The predicted octanol–water partition coefficient (Wildman–Crippen LogP) is 3.94. The molecule has 0 aliphatic carbocycles. The first-order chi connectivity index (χ1) is 15.0. The molecule has 0 bridgehead atoms. The molecule has 162 valence electrons. The summed E-state index contributed by atoms with van der Waals surface area (Å²) in [7, 11) is 0. The van der Waals surface area contributed by atoms with Crippen molar-refractivity contribution in [1.82, 2.24) is 9.88 Å². The van der Waals surface area contributed by atoms with Crippen LogP contribution in [0.3, 0.4) is 0 Å². The lowest BCUT2D eigenvalue weighted by atomic mass is 10.1. The Kier molecular flexibility index (Phi) is 6.56. The van der Waals surface area contributed by atoms with E-state index in [9.17, 15) is 9.59 Å². The van der Waals surface area contributed by atoms with E-state index in [0.717, 1.165) is 16.5 Å². The van der Waals surface area contributed by atoms with Crippen molar-refractivity contribution in [3.63, 3.8) is 0 Å². The van der Waals surface area contributed by atoms with E-state index < -0.39 is 0 Å². The summed E-state index contributed by atoms with van der Waals surface area (Å²) in [4.78, 5) is 30.3. The number of H-pyrrole nitrogens is 1. The Morgan fingerprint density at radius 3 is 2.84 bits per heavy atom. The molecule has 3 aromatic rings. The van der Waals surface area contributed by atoms with Crippen LogP contribution in [0.1, 0.15) is 11.1 Å². The number of rotatable bonds is 5. The van der Waals surface area contributed by atoms with Crippen LogP contribution in [0.4, 0.5) is 10.5 Å². The molecule has 0 unspecified atom stereocenters. The summed E-state index contributed by atoms with van der Waals surface area (Å²) >= 11 is 6.20. The topological polar surface area (TPSA) is 83.7 Å². The molecule has 1 fully saturated rings. The number of fused-ring (bicyclic) bond motifs is 1. The highest BCUT2D eigenvalue weighted by Crippen LogP contribution is 2.22. The molecule has 0 spiro atoms. The van der Waals surface area contributed by atoms with Gasteiger partial charge in [0.1, 0.15) is 0 Å². The quantitative estimate of drug-likeness (QED) is 0.628. The number of carbonyl (C=O) groups excluding carboxylic acids is 1. The first-order valence-electron chi connectivity index (χ1n) is 10.1. The van der Waals surface area contributed by atoms with Gasteiger partial charge in [0.05, 0.1) is 49.7 Å². The Hall–Kier alpha value is -2.87. The van der Waals surface area contributed by atoms with Gasteiger partial charge in [0.2, 0.25) is 0 Å². The molecule has 2 amide bonds. The van der Waals surface area contributed by atoms with Gasteiger partial charge in [-0.3, -0.25) is 4.79 Å². The van der Waals surface area contributed by atoms with E-state index in [2.05, 4.69) is 10.3 Å². The van der Waals surface area contributed by atoms with E-state index in [1.165, 1.54) is 0 Å². The third-order valence-electron chi connectivity index (χ3n) is 5.15. The van der Waals surface area contributed by atoms with E-state index in [0.29, 0.717) is 36.1 Å². The molecule has 0 radical (unpaired) electrons. The van der Waals surface area contributed by atoms with Gasteiger partial charge in [0.15, 0.2) is 0 Å². The number of ether oxygens (including phenoxy) is 2. The monoisotopic (exact) mass is 441 g/mol. The van der Waals surface area contributed by atoms with E-state index in [1.807, 2.05) is 31.2 Å². The number of nitrogens with one attached hydrogen (secondary N) is 2. The first-order valence-corrected chi connectivity index (χ1v) is 10.5. The maximum atomic E-state index is 13.1. The number of pyridine rings is 1. The van der Waals surface area contributed by atoms with E-state index in [-0.39, 0.29) is 30.8 Å². The molecule has 2 N–H and O–H groups in total. The lowest BCUT2D eigenvalue weighted by molar-refractivity contribution is -0.0943. The molecule has 1 aliphatic heterocycles. The Balaban J connectivity index is 1.61. The lowest BCUT2D eigenvalue weighted by Crippen LogP contribution is -2.44. The molecule has 8 heteroatoms. The second-order valence-corrected chi connectivity index (χ2v) is 7.98. The minimum absolute atomic E-state index is 0.120. The summed E-state index contributed by atoms with van der Waals surface area (Å²) in [5.41, 5.74) is 2.61. The third-order valence-corrected chi connectivity index (χ3v) is 5.48. The number of benzene rings is 2. The lowest BCUT2D eigenvalue weighted by Gasteiger charge is -2.30. The standard InChI is InChI=1S/C23H24ClN3O4/c1-15-6-7-20-16(10-15)11-17(22(28)25-20)12-27(13-18-14-30-8-9-31-18)23(29)26-21-5-3-2-4-19(21)24/h2-7,10-11,18H,8-9,12-14H2,1H3,(H,25,28)(H,26,29)/t18-/m0/s1. The zero-order valence-corrected chi connectivity index (χ0v) is 17.9. The Bertz CT molecular complexity index is 1140. The van der Waals surface area contributed by atoms with Gasteiger partial charge in [-0.15, -0.1) is 0 Å². The number of para-hydroxylation sites is 1. The number of urea groups is 1. The fraction of sp³-hybridized carbons (Fsp3) is 0.304. The van der Waals surface area contributed by atoms with Crippen molar-refractivity contribution < 1.29 is 14.3 Å². The second-order valence-electron chi connectivity index (χ2n) is 7.57. The van der Waals surface area contributed by atoms with Crippen molar-refractivity contribution in [2.24, 2.45) is 0 Å². The molecule has 1 atom stereocenters. The Labute approximate surface area is 184 Å². The average Bonchev–Trinajstić information content (AvgIpc) is 2.76. The smallest absolute Gasteiger partial charge is 0.322 e. The highest BCUT2D eigenvalue weighted by molar-refractivity contribution is 6.33. The van der Waals surface area contributed by atoms with Crippen molar-refractivity contribution >= 4 is 34.2 Å². The van der Waals surface area contributed by atoms with Crippen LogP contribution >= 0.6 is 11.6 Å². The number of aryl methyl sites for hydroxylation is 1. The van der Waals surface area contributed by atoms with E-state index in [4.69, 9.17) is 21.1 Å². The number of amides is 2. The predicted molar refractivity (Wildman–Crippen MR) is 121 cm³/mol. The molecule has 1 aromatic heterocycles. The fourth-order valence-electron chi connectivity index (χ4n) is 3.56. The van der Waals surface area contributed by atoms with Gasteiger partial charge in [-0.1, -0.05) is 35.4 Å². The van der Waals surface area contributed by atoms with Crippen molar-refractivity contribution in [3.05, 3.63) is 75.0 Å². The highest BCUT2D eigenvalue weighted by Gasteiger charge is 2.24. The van der Waals surface area contributed by atoms with Gasteiger partial charge in [-0.05, 0) is 42.6 Å². The van der Waals surface area contributed by atoms with Crippen LogP contribution in [-0.2, 0) is 16.0 Å². The van der Waals surface area contributed by atoms with Gasteiger partial charge >= 0.3 is 6.03 Å². The summed E-state index contributed by atoms with van der Waals surface area (Å²) < 4.78 is 11.2. The van der Waals surface area contributed by atoms with Gasteiger partial charge in [-0.2, -0.15) is 0 Å². The summed E-state index contributed by atoms with van der Waals surface area (Å²) in [5.74, 6) is 0. The molecule has 2 heterocycles. The van der Waals surface area contributed by atoms with Gasteiger partial charge in [0, 0.05) is 11.1 Å². The number of halogens is 1. The van der Waals surface area contributed by atoms with Gasteiger partial charge < -0.3 is 24.7 Å². The molecule has 4 rings (SSSR count). The Morgan fingerprint density at radius 1 is 1.23 bits per heavy atom. The average molecular weight is 442 g/mol. The van der Waals surface area contributed by atoms with Crippen LogP contribution in [0.2, 0.25) is 5.02 Å². The Morgan fingerprint density at radius 2 is 2.06 bits per heavy atom. The summed E-state index contributed by atoms with van der Waals surface area (Å²) in [6.45, 7) is 3.79. The number of nitrogens with zero attached hydrogens (tertiary/aromatic N) is 1. The second kappa shape index (κ2) is 9.51.